The van der Waals surface area contributed by atoms with Gasteiger partial charge in [-0.15, -0.1) is 0 Å². The van der Waals surface area contributed by atoms with Crippen molar-refractivity contribution in [2.75, 3.05) is 0 Å². The maximum Gasteiger partial charge on any atom is 0.337 e. The van der Waals surface area contributed by atoms with E-state index < -0.39 is 12.1 Å². The van der Waals surface area contributed by atoms with Gasteiger partial charge in [-0.2, -0.15) is 0 Å². The van der Waals surface area contributed by atoms with Crippen LogP contribution in [0.4, 0.5) is 0 Å². The molecule has 1 rings (SSSR count). The highest BCUT2D eigenvalue weighted by Gasteiger charge is 2.18. The van der Waals surface area contributed by atoms with Crippen LogP contribution < -0.4 is 0 Å². The summed E-state index contributed by atoms with van der Waals surface area (Å²) in [5.74, 6) is -1.21. The number of benzene rings is 1. The maximum absolute atomic E-state index is 10.5. The summed E-state index contributed by atoms with van der Waals surface area (Å²) in [7, 11) is 0. The number of phenols is 1. The average Bonchev–Trinajstić information content (AvgIpc) is 2.16. The number of aromatic hydroxyl groups is 1. The number of aliphatic carboxylic acids is 1. The van der Waals surface area contributed by atoms with Gasteiger partial charge in [0.15, 0.2) is 6.10 Å². The molecule has 14 heavy (non-hydrogen) atoms. The first kappa shape index (κ1) is 10.5. The van der Waals surface area contributed by atoms with Crippen LogP contribution in [0.5, 0.6) is 5.75 Å². The first-order valence-electron chi connectivity index (χ1n) is 4.29. The van der Waals surface area contributed by atoms with Gasteiger partial charge in [0.25, 0.3) is 0 Å². The van der Waals surface area contributed by atoms with Crippen molar-refractivity contribution in [1.29, 1.82) is 0 Å². The summed E-state index contributed by atoms with van der Waals surface area (Å²) in [6.45, 7) is 1.83. The average molecular weight is 196 g/mol. The molecule has 0 aromatic heterocycles. The molecular formula is C10H12O4. The number of aliphatic hydroxyl groups is 1. The molecule has 76 valence electrons. The lowest BCUT2D eigenvalue weighted by molar-refractivity contribution is -0.147. The zero-order valence-corrected chi connectivity index (χ0v) is 7.77. The van der Waals surface area contributed by atoms with E-state index in [0.717, 1.165) is 0 Å². The van der Waals surface area contributed by atoms with E-state index in [2.05, 4.69) is 0 Å². The number of carboxylic acid groups (broad SMARTS) is 1. The minimum Gasteiger partial charge on any atom is -0.508 e. The second-order valence-corrected chi connectivity index (χ2v) is 2.98. The van der Waals surface area contributed by atoms with Crippen LogP contribution in [-0.2, 0) is 11.2 Å². The second-order valence-electron chi connectivity index (χ2n) is 2.98. The third-order valence-electron chi connectivity index (χ3n) is 2.04. The highest BCUT2D eigenvalue weighted by molar-refractivity contribution is 5.74. The van der Waals surface area contributed by atoms with Gasteiger partial charge in [0, 0.05) is 0 Å². The Morgan fingerprint density at radius 1 is 1.50 bits per heavy atom. The minimum absolute atomic E-state index is 0.0724. The number of phenolic OH excluding ortho intramolecular Hbond substituents is 1. The summed E-state index contributed by atoms with van der Waals surface area (Å²) in [6.07, 6.45) is -0.959. The van der Waals surface area contributed by atoms with Gasteiger partial charge in [0.2, 0.25) is 0 Å². The third kappa shape index (κ3) is 2.03. The fraction of sp³-hybridized carbons (Fsp3) is 0.300. The molecule has 0 aliphatic carbocycles. The van der Waals surface area contributed by atoms with Crippen molar-refractivity contribution in [3.63, 3.8) is 0 Å². The van der Waals surface area contributed by atoms with Crippen molar-refractivity contribution in [3.05, 3.63) is 29.3 Å². The van der Waals surface area contributed by atoms with E-state index in [9.17, 15) is 9.90 Å². The van der Waals surface area contributed by atoms with Crippen molar-refractivity contribution in [3.8, 4) is 5.75 Å². The Bertz CT molecular complexity index is 346. The second kappa shape index (κ2) is 4.11. The van der Waals surface area contributed by atoms with Gasteiger partial charge in [-0.25, -0.2) is 4.79 Å². The predicted molar refractivity (Wildman–Crippen MR) is 50.1 cm³/mol. The molecule has 1 aromatic carbocycles. The molecular weight excluding hydrogens is 184 g/mol. The monoisotopic (exact) mass is 196 g/mol. The van der Waals surface area contributed by atoms with Crippen molar-refractivity contribution < 1.29 is 20.1 Å². The molecule has 0 spiro atoms. The van der Waals surface area contributed by atoms with Gasteiger partial charge in [0.05, 0.1) is 0 Å². The Morgan fingerprint density at radius 2 is 2.14 bits per heavy atom. The van der Waals surface area contributed by atoms with Crippen LogP contribution in [-0.4, -0.2) is 21.3 Å². The summed E-state index contributed by atoms with van der Waals surface area (Å²) in [5, 5.41) is 27.1. The molecule has 3 N–H and O–H groups in total. The summed E-state index contributed by atoms with van der Waals surface area (Å²) in [5.41, 5.74) is 0.970. The molecule has 0 bridgehead atoms. The quantitative estimate of drug-likeness (QED) is 0.675. The van der Waals surface area contributed by atoms with E-state index in [-0.39, 0.29) is 5.75 Å². The third-order valence-corrected chi connectivity index (χ3v) is 2.04. The number of aryl methyl sites for hydroxylation is 1. The SMILES string of the molecule is CCc1cc(O)ccc1[C@@H](O)C(=O)O. The Morgan fingerprint density at radius 3 is 2.64 bits per heavy atom. The molecule has 0 aliphatic heterocycles. The van der Waals surface area contributed by atoms with Gasteiger partial charge < -0.3 is 15.3 Å². The molecule has 0 amide bonds. The fourth-order valence-electron chi connectivity index (χ4n) is 1.30. The normalized spacial score (nSPS) is 12.4. The number of rotatable bonds is 3. The molecule has 4 nitrogen and oxygen atoms in total. The van der Waals surface area contributed by atoms with Gasteiger partial charge in [-0.1, -0.05) is 13.0 Å². The van der Waals surface area contributed by atoms with E-state index in [1.807, 2.05) is 6.92 Å². The van der Waals surface area contributed by atoms with Crippen molar-refractivity contribution >= 4 is 5.97 Å². The van der Waals surface area contributed by atoms with Gasteiger partial charge in [0.1, 0.15) is 5.75 Å². The molecule has 0 fully saturated rings. The van der Waals surface area contributed by atoms with Crippen LogP contribution >= 0.6 is 0 Å². The summed E-state index contributed by atoms with van der Waals surface area (Å²) in [6, 6.07) is 4.25. The Balaban J connectivity index is 3.13. The smallest absolute Gasteiger partial charge is 0.337 e. The molecule has 1 aromatic rings. The van der Waals surface area contributed by atoms with Crippen molar-refractivity contribution in [1.82, 2.24) is 0 Å². The van der Waals surface area contributed by atoms with Crippen molar-refractivity contribution in [2.24, 2.45) is 0 Å². The standard InChI is InChI=1S/C10H12O4/c1-2-6-5-7(11)3-4-8(6)9(12)10(13)14/h3-5,9,11-12H,2H2,1H3,(H,13,14)/t9-/m1/s1. The topological polar surface area (TPSA) is 77.8 Å². The molecule has 0 saturated carbocycles. The van der Waals surface area contributed by atoms with Crippen LogP contribution in [0.15, 0.2) is 18.2 Å². The van der Waals surface area contributed by atoms with E-state index in [0.29, 0.717) is 17.5 Å². The number of hydrogen-bond donors (Lipinski definition) is 3. The van der Waals surface area contributed by atoms with Crippen LogP contribution in [0.25, 0.3) is 0 Å². The number of carboxylic acids is 1. The van der Waals surface area contributed by atoms with E-state index in [1.54, 1.807) is 0 Å². The molecule has 0 unspecified atom stereocenters. The Hall–Kier alpha value is -1.55. The predicted octanol–water partition coefficient (Wildman–Crippen LogP) is 1.07. The lowest BCUT2D eigenvalue weighted by Crippen LogP contribution is -2.12. The van der Waals surface area contributed by atoms with Crippen molar-refractivity contribution in [2.45, 2.75) is 19.4 Å². The Labute approximate surface area is 81.4 Å². The lowest BCUT2D eigenvalue weighted by Gasteiger charge is -2.11. The zero-order valence-electron chi connectivity index (χ0n) is 7.77. The number of aliphatic hydroxyl groups excluding tert-OH is 1. The first-order chi connectivity index (χ1) is 6.56. The zero-order chi connectivity index (χ0) is 10.7. The maximum atomic E-state index is 10.5. The number of hydrogen-bond acceptors (Lipinski definition) is 3. The molecule has 1 atom stereocenters. The molecule has 0 aliphatic rings. The molecule has 0 heterocycles. The molecule has 0 saturated heterocycles. The van der Waals surface area contributed by atoms with E-state index in [4.69, 9.17) is 10.2 Å². The Kier molecular flexibility index (Phi) is 3.09. The molecule has 4 heteroatoms. The molecule has 0 radical (unpaired) electrons. The summed E-state index contributed by atoms with van der Waals surface area (Å²) in [4.78, 5) is 10.5. The summed E-state index contributed by atoms with van der Waals surface area (Å²) < 4.78 is 0. The first-order valence-corrected chi connectivity index (χ1v) is 4.29. The van der Waals surface area contributed by atoms with E-state index >= 15 is 0 Å². The van der Waals surface area contributed by atoms with Gasteiger partial charge >= 0.3 is 5.97 Å². The van der Waals surface area contributed by atoms with Gasteiger partial charge in [-0.3, -0.25) is 0 Å². The minimum atomic E-state index is -1.52. The highest BCUT2D eigenvalue weighted by atomic mass is 16.4. The van der Waals surface area contributed by atoms with Crippen LogP contribution in [0, 0.1) is 0 Å². The fourth-order valence-corrected chi connectivity index (χ4v) is 1.30. The van der Waals surface area contributed by atoms with Gasteiger partial charge in [-0.05, 0) is 29.7 Å². The lowest BCUT2D eigenvalue weighted by atomic mass is 10.0. The number of carbonyl (C=O) groups is 1. The highest BCUT2D eigenvalue weighted by Crippen LogP contribution is 2.23. The van der Waals surface area contributed by atoms with Crippen LogP contribution in [0.2, 0.25) is 0 Å². The largest absolute Gasteiger partial charge is 0.508 e. The van der Waals surface area contributed by atoms with E-state index in [1.165, 1.54) is 18.2 Å². The van der Waals surface area contributed by atoms with Crippen LogP contribution in [0.3, 0.4) is 0 Å². The summed E-state index contributed by atoms with van der Waals surface area (Å²) >= 11 is 0. The van der Waals surface area contributed by atoms with Crippen LogP contribution in [0.1, 0.15) is 24.2 Å².